The molecule has 0 spiro atoms. The predicted molar refractivity (Wildman–Crippen MR) is 121 cm³/mol. The van der Waals surface area contributed by atoms with Crippen LogP contribution < -0.4 is 9.62 Å². The molecule has 3 rings (SSSR count). The lowest BCUT2D eigenvalue weighted by Crippen LogP contribution is -2.29. The maximum Gasteiger partial charge on any atom is 0.251 e. The minimum absolute atomic E-state index is 0.117. The first-order valence-electron chi connectivity index (χ1n) is 9.57. The van der Waals surface area contributed by atoms with Crippen LogP contribution >= 0.6 is 11.6 Å². The topological polar surface area (TPSA) is 66.5 Å². The summed E-state index contributed by atoms with van der Waals surface area (Å²) in [5.41, 5.74) is 2.60. The van der Waals surface area contributed by atoms with E-state index in [0.717, 1.165) is 17.4 Å². The molecule has 0 saturated heterocycles. The normalized spacial score (nSPS) is 11.2. The second-order valence-electron chi connectivity index (χ2n) is 7.08. The fourth-order valence-corrected chi connectivity index (χ4v) is 4.10. The molecule has 0 aromatic heterocycles. The van der Waals surface area contributed by atoms with E-state index in [1.165, 1.54) is 16.4 Å². The summed E-state index contributed by atoms with van der Waals surface area (Å²) in [6, 6.07) is 19.5. The number of sulfonamides is 1. The minimum Gasteiger partial charge on any atom is -0.352 e. The molecule has 0 bridgehead atoms. The van der Waals surface area contributed by atoms with Gasteiger partial charge in [0.2, 0.25) is 10.0 Å². The SMILES string of the molecule is CS(=O)(=O)N(Cc1ccc(C(=O)NCCc2ccc(F)cc2)cc1)c1cccc(Cl)c1. The number of nitrogens with one attached hydrogen (secondary N) is 1. The first-order valence-corrected chi connectivity index (χ1v) is 11.8. The number of anilines is 1. The van der Waals surface area contributed by atoms with Crippen LogP contribution in [0.25, 0.3) is 0 Å². The molecule has 5 nitrogen and oxygen atoms in total. The van der Waals surface area contributed by atoms with Crippen LogP contribution in [0.1, 0.15) is 21.5 Å². The highest BCUT2D eigenvalue weighted by atomic mass is 35.5. The highest BCUT2D eigenvalue weighted by molar-refractivity contribution is 7.92. The highest BCUT2D eigenvalue weighted by Crippen LogP contribution is 2.24. The Morgan fingerprint density at radius 2 is 1.65 bits per heavy atom. The zero-order valence-corrected chi connectivity index (χ0v) is 18.5. The first kappa shape index (κ1) is 22.8. The summed E-state index contributed by atoms with van der Waals surface area (Å²) >= 11 is 6.00. The summed E-state index contributed by atoms with van der Waals surface area (Å²) in [6.45, 7) is 0.536. The average molecular weight is 461 g/mol. The molecule has 1 N–H and O–H groups in total. The van der Waals surface area contributed by atoms with Crippen LogP contribution in [0.15, 0.2) is 72.8 Å². The van der Waals surface area contributed by atoms with Crippen molar-refractivity contribution in [1.29, 1.82) is 0 Å². The Kier molecular flexibility index (Phi) is 7.30. The number of nitrogens with zero attached hydrogens (tertiary/aromatic N) is 1. The van der Waals surface area contributed by atoms with Crippen molar-refractivity contribution in [2.45, 2.75) is 13.0 Å². The summed E-state index contributed by atoms with van der Waals surface area (Å²) in [4.78, 5) is 12.3. The zero-order valence-electron chi connectivity index (χ0n) is 16.9. The van der Waals surface area contributed by atoms with Gasteiger partial charge in [-0.05, 0) is 60.0 Å². The molecular weight excluding hydrogens is 439 g/mol. The van der Waals surface area contributed by atoms with Crippen molar-refractivity contribution >= 4 is 33.2 Å². The van der Waals surface area contributed by atoms with Crippen LogP contribution in [0.5, 0.6) is 0 Å². The van der Waals surface area contributed by atoms with E-state index in [1.807, 2.05) is 0 Å². The quantitative estimate of drug-likeness (QED) is 0.541. The molecule has 31 heavy (non-hydrogen) atoms. The third kappa shape index (κ3) is 6.54. The van der Waals surface area contributed by atoms with Gasteiger partial charge in [0, 0.05) is 17.1 Å². The summed E-state index contributed by atoms with van der Waals surface area (Å²) in [5, 5.41) is 3.27. The van der Waals surface area contributed by atoms with Gasteiger partial charge in [0.15, 0.2) is 0 Å². The number of rotatable bonds is 8. The number of hydrogen-bond donors (Lipinski definition) is 1. The van der Waals surface area contributed by atoms with Gasteiger partial charge in [0.1, 0.15) is 5.82 Å². The van der Waals surface area contributed by atoms with Gasteiger partial charge in [-0.3, -0.25) is 9.10 Å². The first-order chi connectivity index (χ1) is 14.7. The molecule has 0 heterocycles. The van der Waals surface area contributed by atoms with Crippen LogP contribution in [-0.2, 0) is 23.0 Å². The van der Waals surface area contributed by atoms with Crippen molar-refractivity contribution in [3.8, 4) is 0 Å². The number of halogens is 2. The van der Waals surface area contributed by atoms with Crippen LogP contribution in [-0.4, -0.2) is 27.1 Å². The Morgan fingerprint density at radius 3 is 2.26 bits per heavy atom. The lowest BCUT2D eigenvalue weighted by atomic mass is 10.1. The predicted octanol–water partition coefficient (Wildman–Crippen LogP) is 4.42. The van der Waals surface area contributed by atoms with Gasteiger partial charge in [-0.15, -0.1) is 0 Å². The van der Waals surface area contributed by atoms with Gasteiger partial charge in [-0.25, -0.2) is 12.8 Å². The Hall–Kier alpha value is -2.90. The van der Waals surface area contributed by atoms with E-state index in [4.69, 9.17) is 11.6 Å². The highest BCUT2D eigenvalue weighted by Gasteiger charge is 2.18. The molecule has 0 aliphatic heterocycles. The van der Waals surface area contributed by atoms with Crippen molar-refractivity contribution in [2.24, 2.45) is 0 Å². The van der Waals surface area contributed by atoms with Crippen molar-refractivity contribution in [3.63, 3.8) is 0 Å². The molecule has 3 aromatic carbocycles. The second-order valence-corrected chi connectivity index (χ2v) is 9.42. The van der Waals surface area contributed by atoms with Crippen molar-refractivity contribution in [1.82, 2.24) is 5.32 Å². The smallest absolute Gasteiger partial charge is 0.251 e. The third-order valence-corrected chi connectivity index (χ3v) is 6.03. The van der Waals surface area contributed by atoms with E-state index in [-0.39, 0.29) is 18.3 Å². The maximum absolute atomic E-state index is 12.9. The molecule has 3 aromatic rings. The van der Waals surface area contributed by atoms with E-state index in [9.17, 15) is 17.6 Å². The average Bonchev–Trinajstić information content (AvgIpc) is 2.73. The van der Waals surface area contributed by atoms with Gasteiger partial charge < -0.3 is 5.32 Å². The van der Waals surface area contributed by atoms with Gasteiger partial charge in [-0.1, -0.05) is 41.9 Å². The maximum atomic E-state index is 12.9. The Labute approximate surface area is 186 Å². The van der Waals surface area contributed by atoms with E-state index >= 15 is 0 Å². The lowest BCUT2D eigenvalue weighted by Gasteiger charge is -2.22. The Balaban J connectivity index is 1.63. The molecule has 0 fully saturated rings. The number of hydrogen-bond acceptors (Lipinski definition) is 3. The van der Waals surface area contributed by atoms with Crippen LogP contribution in [0.4, 0.5) is 10.1 Å². The molecule has 0 saturated carbocycles. The molecule has 0 aliphatic rings. The van der Waals surface area contributed by atoms with Crippen LogP contribution in [0, 0.1) is 5.82 Å². The molecule has 0 radical (unpaired) electrons. The second kappa shape index (κ2) is 9.94. The molecule has 1 amide bonds. The molecule has 162 valence electrons. The van der Waals surface area contributed by atoms with Crippen LogP contribution in [0.3, 0.4) is 0 Å². The lowest BCUT2D eigenvalue weighted by molar-refractivity contribution is 0.0954. The van der Waals surface area contributed by atoms with Crippen molar-refractivity contribution in [2.75, 3.05) is 17.1 Å². The van der Waals surface area contributed by atoms with Gasteiger partial charge in [-0.2, -0.15) is 0 Å². The van der Waals surface area contributed by atoms with Gasteiger partial charge >= 0.3 is 0 Å². The van der Waals surface area contributed by atoms with E-state index in [0.29, 0.717) is 29.2 Å². The van der Waals surface area contributed by atoms with Crippen molar-refractivity contribution in [3.05, 3.63) is 100 Å². The molecule has 8 heteroatoms. The Bertz CT molecular complexity index is 1150. The fourth-order valence-electron chi connectivity index (χ4n) is 3.03. The van der Waals surface area contributed by atoms with E-state index < -0.39 is 10.0 Å². The van der Waals surface area contributed by atoms with Gasteiger partial charge in [0.25, 0.3) is 5.91 Å². The molecular formula is C23H22ClFN2O3S. The third-order valence-electron chi connectivity index (χ3n) is 4.65. The molecule has 0 aliphatic carbocycles. The Morgan fingerprint density at radius 1 is 1.00 bits per heavy atom. The van der Waals surface area contributed by atoms with Gasteiger partial charge in [0.05, 0.1) is 18.5 Å². The number of carbonyl (C=O) groups is 1. The largest absolute Gasteiger partial charge is 0.352 e. The van der Waals surface area contributed by atoms with Crippen LogP contribution in [0.2, 0.25) is 5.02 Å². The molecule has 0 unspecified atom stereocenters. The minimum atomic E-state index is -3.53. The number of benzene rings is 3. The zero-order chi connectivity index (χ0) is 22.4. The monoisotopic (exact) mass is 460 g/mol. The van der Waals surface area contributed by atoms with E-state index in [2.05, 4.69) is 5.32 Å². The summed E-state index contributed by atoms with van der Waals surface area (Å²) in [7, 11) is -3.53. The number of carbonyl (C=O) groups excluding carboxylic acids is 1. The summed E-state index contributed by atoms with van der Waals surface area (Å²) < 4.78 is 38.7. The van der Waals surface area contributed by atoms with E-state index in [1.54, 1.807) is 60.7 Å². The standard InChI is InChI=1S/C23H22ClFN2O3S/c1-31(29,30)27(22-4-2-3-20(24)15-22)16-18-5-9-19(10-6-18)23(28)26-14-13-17-7-11-21(25)12-8-17/h2-12,15H,13-14,16H2,1H3,(H,26,28). The number of amides is 1. The molecule has 0 atom stereocenters. The van der Waals surface area contributed by atoms with Crippen molar-refractivity contribution < 1.29 is 17.6 Å². The summed E-state index contributed by atoms with van der Waals surface area (Å²) in [5.74, 6) is -0.527. The summed E-state index contributed by atoms with van der Waals surface area (Å²) in [6.07, 6.45) is 1.73. The fraction of sp³-hybridized carbons (Fsp3) is 0.174.